The van der Waals surface area contributed by atoms with Crippen molar-refractivity contribution >= 4 is 19.8 Å². The molecule has 0 fully saturated rings. The lowest BCUT2D eigenvalue weighted by atomic mass is 10.1. The number of phosphoric acid groups is 1. The van der Waals surface area contributed by atoms with Gasteiger partial charge in [0.2, 0.25) is 0 Å². The number of phosphoric ester groups is 1. The molecule has 59 heavy (non-hydrogen) atoms. The summed E-state index contributed by atoms with van der Waals surface area (Å²) < 4.78 is 34.2. The zero-order chi connectivity index (χ0) is 43.7. The van der Waals surface area contributed by atoms with Crippen molar-refractivity contribution < 1.29 is 47.2 Å². The molecule has 0 aliphatic heterocycles. The summed E-state index contributed by atoms with van der Waals surface area (Å²) in [7, 11) is 1.40. The fourth-order valence-corrected chi connectivity index (χ4v) is 6.39. The maximum Gasteiger partial charge on any atom is 0.472 e. The maximum absolute atomic E-state index is 12.7. The van der Waals surface area contributed by atoms with E-state index in [1.807, 2.05) is 57.6 Å². The normalized spacial score (nSPS) is 14.8. The Hall–Kier alpha value is -2.59. The third kappa shape index (κ3) is 43.3. The Bertz CT molecular complexity index is 1250. The second kappa shape index (κ2) is 39.5. The lowest BCUT2D eigenvalue weighted by Gasteiger charge is -2.24. The molecule has 0 saturated carbocycles. The van der Waals surface area contributed by atoms with Crippen LogP contribution < -0.4 is 0 Å². The van der Waals surface area contributed by atoms with Gasteiger partial charge >= 0.3 is 19.8 Å². The van der Waals surface area contributed by atoms with Crippen molar-refractivity contribution in [2.75, 3.05) is 47.5 Å². The van der Waals surface area contributed by atoms with E-state index in [1.165, 1.54) is 64.2 Å². The first kappa shape index (κ1) is 56.4. The minimum Gasteiger partial charge on any atom is -0.462 e. The molecule has 340 valence electrons. The average Bonchev–Trinajstić information content (AvgIpc) is 3.18. The van der Waals surface area contributed by atoms with Crippen LogP contribution in [0.5, 0.6) is 0 Å². The highest BCUT2D eigenvalue weighted by Gasteiger charge is 2.27. The van der Waals surface area contributed by atoms with Gasteiger partial charge in [-0.25, -0.2) is 4.57 Å². The Morgan fingerprint density at radius 2 is 1.14 bits per heavy atom. The van der Waals surface area contributed by atoms with E-state index in [9.17, 15) is 24.2 Å². The van der Waals surface area contributed by atoms with E-state index in [2.05, 4.69) is 44.2 Å². The van der Waals surface area contributed by atoms with Crippen LogP contribution >= 0.6 is 7.82 Å². The van der Waals surface area contributed by atoms with Crippen LogP contribution in [-0.2, 0) is 32.7 Å². The van der Waals surface area contributed by atoms with Gasteiger partial charge in [0.05, 0.1) is 33.9 Å². The van der Waals surface area contributed by atoms with Crippen LogP contribution in [0, 0.1) is 0 Å². The fourth-order valence-electron chi connectivity index (χ4n) is 5.65. The summed E-state index contributed by atoms with van der Waals surface area (Å²) in [4.78, 5) is 35.4. The Balaban J connectivity index is 4.52. The Labute approximate surface area is 360 Å². The number of hydrogen-bond donors (Lipinski definition) is 2. The van der Waals surface area contributed by atoms with Crippen molar-refractivity contribution in [3.8, 4) is 0 Å². The van der Waals surface area contributed by atoms with Gasteiger partial charge in [0.1, 0.15) is 19.8 Å². The molecule has 0 aromatic heterocycles. The molecule has 0 aliphatic rings. The van der Waals surface area contributed by atoms with Gasteiger partial charge in [-0.1, -0.05) is 145 Å². The number of rotatable bonds is 40. The smallest absolute Gasteiger partial charge is 0.462 e. The van der Waals surface area contributed by atoms with Gasteiger partial charge in [0.15, 0.2) is 6.10 Å². The molecule has 0 aromatic carbocycles. The molecule has 10 nitrogen and oxygen atoms in total. The molecule has 0 saturated heterocycles. The molecule has 2 N–H and O–H groups in total. The van der Waals surface area contributed by atoms with Gasteiger partial charge < -0.3 is 24.0 Å². The molecule has 1 unspecified atom stereocenters. The van der Waals surface area contributed by atoms with E-state index in [-0.39, 0.29) is 26.1 Å². The number of carbonyl (C=O) groups excluding carboxylic acids is 2. The first-order valence-corrected chi connectivity index (χ1v) is 24.3. The molecule has 0 amide bonds. The molecular formula is C48H85NO9P+. The second-order valence-corrected chi connectivity index (χ2v) is 17.7. The molecule has 0 rings (SSSR count). The predicted molar refractivity (Wildman–Crippen MR) is 244 cm³/mol. The highest BCUT2D eigenvalue weighted by Crippen LogP contribution is 2.43. The Morgan fingerprint density at radius 1 is 0.610 bits per heavy atom. The summed E-state index contributed by atoms with van der Waals surface area (Å²) >= 11 is 0. The minimum absolute atomic E-state index is 0.00811. The monoisotopic (exact) mass is 851 g/mol. The summed E-state index contributed by atoms with van der Waals surface area (Å²) in [5, 5.41) is 10.0. The number of quaternary nitrogens is 1. The largest absolute Gasteiger partial charge is 0.472 e. The number of esters is 2. The highest BCUT2D eigenvalue weighted by atomic mass is 31.2. The summed E-state index contributed by atoms with van der Waals surface area (Å²) in [6.45, 7) is 4.19. The molecule has 0 aromatic rings. The van der Waals surface area contributed by atoms with E-state index in [4.69, 9.17) is 18.5 Å². The number of unbranched alkanes of at least 4 members (excludes halogenated alkanes) is 14. The van der Waals surface area contributed by atoms with Gasteiger partial charge in [-0.3, -0.25) is 18.6 Å². The average molecular weight is 851 g/mol. The van der Waals surface area contributed by atoms with Crippen LogP contribution in [0.15, 0.2) is 72.9 Å². The van der Waals surface area contributed by atoms with Crippen LogP contribution in [0.25, 0.3) is 0 Å². The molecule has 0 spiro atoms. The SMILES string of the molecule is CCCCC/C=C\C/C=C\CCCCCCCCCC(=O)O[C@H](COC(=O)CCC/C=C\C/C=C\C=C\[C@H](O)C/C=C\CCCCC)COP(=O)(O)OCC[N+](C)(C)C. The first-order chi connectivity index (χ1) is 28.4. The number of hydrogen-bond acceptors (Lipinski definition) is 8. The minimum atomic E-state index is -4.41. The van der Waals surface area contributed by atoms with Crippen molar-refractivity contribution in [2.45, 2.75) is 174 Å². The predicted octanol–water partition coefficient (Wildman–Crippen LogP) is 12.0. The van der Waals surface area contributed by atoms with Crippen LogP contribution in [0.3, 0.4) is 0 Å². The van der Waals surface area contributed by atoms with Crippen molar-refractivity contribution in [1.82, 2.24) is 0 Å². The zero-order valence-corrected chi connectivity index (χ0v) is 38.7. The van der Waals surface area contributed by atoms with E-state index in [0.29, 0.717) is 36.7 Å². The number of ether oxygens (including phenoxy) is 2. The third-order valence-corrected chi connectivity index (χ3v) is 10.3. The summed E-state index contributed by atoms with van der Waals surface area (Å²) in [5.41, 5.74) is 0. The lowest BCUT2D eigenvalue weighted by molar-refractivity contribution is -0.870. The Morgan fingerprint density at radius 3 is 1.75 bits per heavy atom. The van der Waals surface area contributed by atoms with E-state index >= 15 is 0 Å². The molecule has 0 bridgehead atoms. The highest BCUT2D eigenvalue weighted by molar-refractivity contribution is 7.47. The molecule has 0 heterocycles. The summed E-state index contributed by atoms with van der Waals surface area (Å²) in [6.07, 6.45) is 45.5. The number of carbonyl (C=O) groups is 2. The number of likely N-dealkylation sites (N-methyl/N-ethyl adjacent to an activating group) is 1. The van der Waals surface area contributed by atoms with Gasteiger partial charge in [0.25, 0.3) is 0 Å². The number of nitrogens with zero attached hydrogens (tertiary/aromatic N) is 1. The maximum atomic E-state index is 12.7. The first-order valence-electron chi connectivity index (χ1n) is 22.8. The van der Waals surface area contributed by atoms with Crippen LogP contribution in [-0.4, -0.2) is 86.1 Å². The van der Waals surface area contributed by atoms with Crippen molar-refractivity contribution in [1.29, 1.82) is 0 Å². The zero-order valence-electron chi connectivity index (χ0n) is 37.8. The third-order valence-electron chi connectivity index (χ3n) is 9.29. The fraction of sp³-hybridized carbons (Fsp3) is 0.708. The van der Waals surface area contributed by atoms with E-state index in [1.54, 1.807) is 6.08 Å². The van der Waals surface area contributed by atoms with E-state index < -0.39 is 38.6 Å². The number of aliphatic hydroxyl groups excluding tert-OH is 1. The van der Waals surface area contributed by atoms with Gasteiger partial charge in [-0.2, -0.15) is 0 Å². The van der Waals surface area contributed by atoms with Crippen LogP contribution in [0.2, 0.25) is 0 Å². The molecule has 3 atom stereocenters. The quantitative estimate of drug-likeness (QED) is 0.0155. The Kier molecular flexibility index (Phi) is 37.8. The number of aliphatic hydroxyl groups is 1. The molecular weight excluding hydrogens is 766 g/mol. The van der Waals surface area contributed by atoms with Crippen molar-refractivity contribution in [2.24, 2.45) is 0 Å². The summed E-state index contributed by atoms with van der Waals surface area (Å²) in [5.74, 6) is -0.918. The van der Waals surface area contributed by atoms with E-state index in [0.717, 1.165) is 44.9 Å². The van der Waals surface area contributed by atoms with Gasteiger partial charge in [-0.15, -0.1) is 0 Å². The van der Waals surface area contributed by atoms with Crippen molar-refractivity contribution in [3.05, 3.63) is 72.9 Å². The topological polar surface area (TPSA) is 129 Å². The number of allylic oxidation sites excluding steroid dienone is 10. The van der Waals surface area contributed by atoms with Gasteiger partial charge in [0, 0.05) is 12.8 Å². The standard InChI is InChI=1S/C48H84NO9P/c1-6-8-10-12-14-15-16-17-18-19-20-21-22-23-28-32-36-40-48(52)58-46(44-57-59(53,54)56-42-41-49(3,4)5)43-55-47(51)39-35-31-27-25-24-26-30-34-38-45(50)37-33-29-13-11-9-7-2/h14-15,17-18,25-27,29-30,33-34,38,45-46,50H,6-13,16,19-24,28,31-32,35-37,39-44H2,1-5H3/p+1/b15-14-,18-17-,27-25-,30-26-,33-29-,38-34+/t45-,46-/m1/s1. The second-order valence-electron chi connectivity index (χ2n) is 16.3. The molecule has 0 aliphatic carbocycles. The molecule has 0 radical (unpaired) electrons. The summed E-state index contributed by atoms with van der Waals surface area (Å²) in [6, 6.07) is 0. The van der Waals surface area contributed by atoms with Gasteiger partial charge in [-0.05, 0) is 77.0 Å². The van der Waals surface area contributed by atoms with Crippen LogP contribution in [0.4, 0.5) is 0 Å². The lowest BCUT2D eigenvalue weighted by Crippen LogP contribution is -2.37. The van der Waals surface area contributed by atoms with Crippen LogP contribution in [0.1, 0.15) is 162 Å². The van der Waals surface area contributed by atoms with Crippen molar-refractivity contribution in [3.63, 3.8) is 0 Å². The molecule has 11 heteroatoms.